The van der Waals surface area contributed by atoms with Crippen molar-refractivity contribution in [1.29, 1.82) is 0 Å². The van der Waals surface area contributed by atoms with Gasteiger partial charge in [-0.1, -0.05) is 65.3 Å². The normalized spacial score (nSPS) is 11.8. The lowest BCUT2D eigenvalue weighted by molar-refractivity contribution is -0.136. The molecule has 0 spiro atoms. The van der Waals surface area contributed by atoms with Crippen LogP contribution in [0.25, 0.3) is 32.7 Å². The first kappa shape index (κ1) is 24.5. The fourth-order valence-electron chi connectivity index (χ4n) is 4.03. The lowest BCUT2D eigenvalue weighted by atomic mass is 9.99. The van der Waals surface area contributed by atoms with E-state index < -0.39 is 18.2 Å². The van der Waals surface area contributed by atoms with Crippen LogP contribution in [0.1, 0.15) is 24.2 Å². The number of thiazole rings is 1. The van der Waals surface area contributed by atoms with Crippen molar-refractivity contribution in [1.82, 2.24) is 10.1 Å². The van der Waals surface area contributed by atoms with E-state index in [2.05, 4.69) is 15.5 Å². The zero-order valence-electron chi connectivity index (χ0n) is 19.5. The minimum Gasteiger partial charge on any atom is -0.481 e. The third kappa shape index (κ3) is 5.18. The number of aromatic nitrogens is 2. The number of carbonyl (C=O) groups is 2. The number of nitrogens with one attached hydrogen (secondary N) is 1. The highest BCUT2D eigenvalue weighted by molar-refractivity contribution is 7.17. The van der Waals surface area contributed by atoms with Crippen molar-refractivity contribution in [3.63, 3.8) is 0 Å². The van der Waals surface area contributed by atoms with E-state index in [4.69, 9.17) is 26.0 Å². The van der Waals surface area contributed by atoms with Gasteiger partial charge in [-0.2, -0.15) is 0 Å². The fraction of sp³-hybridized carbons (Fsp3) is 0.111. The number of benzene rings is 3. The maximum atomic E-state index is 12.6. The number of anilines is 1. The minimum atomic E-state index is -0.877. The van der Waals surface area contributed by atoms with E-state index in [0.717, 1.165) is 32.5 Å². The van der Waals surface area contributed by atoms with Crippen LogP contribution in [0.3, 0.4) is 0 Å². The van der Waals surface area contributed by atoms with Crippen LogP contribution in [-0.2, 0) is 16.0 Å². The Hall–Kier alpha value is -4.21. The van der Waals surface area contributed by atoms with Gasteiger partial charge in [0.15, 0.2) is 5.76 Å². The first-order valence-corrected chi connectivity index (χ1v) is 12.5. The van der Waals surface area contributed by atoms with Crippen LogP contribution in [0, 0.1) is 0 Å². The topological polar surface area (TPSA) is 115 Å². The Balaban J connectivity index is 1.40. The van der Waals surface area contributed by atoms with E-state index in [0.29, 0.717) is 22.0 Å². The van der Waals surface area contributed by atoms with E-state index in [1.54, 1.807) is 36.7 Å². The third-order valence-corrected chi connectivity index (χ3v) is 6.99. The number of fused-ring (bicyclic) bond motifs is 1. The molecule has 5 rings (SSSR count). The molecule has 0 bridgehead atoms. The SMILES string of the molecule is CC(OC(=O)Nc1cnoc1-c1ccc(-c2ccc(CC(=O)O)cc2)c2ncsc12)c1ccccc1Cl. The van der Waals surface area contributed by atoms with E-state index in [-0.39, 0.29) is 6.42 Å². The molecule has 10 heteroatoms. The molecule has 37 heavy (non-hydrogen) atoms. The molecule has 8 nitrogen and oxygen atoms in total. The summed E-state index contributed by atoms with van der Waals surface area (Å²) in [7, 11) is 0. The smallest absolute Gasteiger partial charge is 0.412 e. The van der Waals surface area contributed by atoms with Crippen LogP contribution in [0.4, 0.5) is 10.5 Å². The van der Waals surface area contributed by atoms with Gasteiger partial charge in [-0.15, -0.1) is 11.3 Å². The maximum Gasteiger partial charge on any atom is 0.412 e. The fourth-order valence-corrected chi connectivity index (χ4v) is 5.14. The van der Waals surface area contributed by atoms with Gasteiger partial charge in [0.05, 0.1) is 28.3 Å². The van der Waals surface area contributed by atoms with Crippen molar-refractivity contribution in [3.8, 4) is 22.5 Å². The Labute approximate surface area is 220 Å². The summed E-state index contributed by atoms with van der Waals surface area (Å²) < 4.78 is 11.9. The van der Waals surface area contributed by atoms with Crippen molar-refractivity contribution in [3.05, 3.63) is 88.5 Å². The van der Waals surface area contributed by atoms with Crippen LogP contribution >= 0.6 is 22.9 Å². The van der Waals surface area contributed by atoms with Gasteiger partial charge >= 0.3 is 12.1 Å². The molecule has 3 aromatic carbocycles. The molecule has 5 aromatic rings. The van der Waals surface area contributed by atoms with Crippen molar-refractivity contribution in [2.24, 2.45) is 0 Å². The molecule has 1 unspecified atom stereocenters. The first-order valence-electron chi connectivity index (χ1n) is 11.2. The van der Waals surface area contributed by atoms with E-state index in [9.17, 15) is 9.59 Å². The molecule has 186 valence electrons. The zero-order valence-corrected chi connectivity index (χ0v) is 21.0. The van der Waals surface area contributed by atoms with Crippen LogP contribution in [0.5, 0.6) is 0 Å². The highest BCUT2D eigenvalue weighted by atomic mass is 35.5. The van der Waals surface area contributed by atoms with Crippen molar-refractivity contribution in [2.45, 2.75) is 19.4 Å². The second-order valence-electron chi connectivity index (χ2n) is 8.22. The predicted molar refractivity (Wildman–Crippen MR) is 142 cm³/mol. The zero-order chi connectivity index (χ0) is 25.9. The first-order chi connectivity index (χ1) is 17.9. The van der Waals surface area contributed by atoms with E-state index in [1.165, 1.54) is 17.5 Å². The lowest BCUT2D eigenvalue weighted by Crippen LogP contribution is -2.16. The number of carbonyl (C=O) groups excluding carboxylic acids is 1. The van der Waals surface area contributed by atoms with Crippen molar-refractivity contribution in [2.75, 3.05) is 5.32 Å². The second-order valence-corrected chi connectivity index (χ2v) is 9.48. The van der Waals surface area contributed by atoms with Gasteiger partial charge in [-0.05, 0) is 30.2 Å². The van der Waals surface area contributed by atoms with Gasteiger partial charge in [-0.25, -0.2) is 9.78 Å². The highest BCUT2D eigenvalue weighted by Gasteiger charge is 2.21. The minimum absolute atomic E-state index is 0.0355. The summed E-state index contributed by atoms with van der Waals surface area (Å²) in [6, 6.07) is 18.3. The average molecular weight is 534 g/mol. The number of hydrogen-bond acceptors (Lipinski definition) is 7. The average Bonchev–Trinajstić information content (AvgIpc) is 3.54. The number of aliphatic carboxylic acids is 1. The maximum absolute atomic E-state index is 12.6. The molecular weight excluding hydrogens is 514 g/mol. The van der Waals surface area contributed by atoms with Crippen LogP contribution < -0.4 is 5.32 Å². The summed E-state index contributed by atoms with van der Waals surface area (Å²) in [5, 5.41) is 16.1. The molecule has 0 saturated carbocycles. The number of carboxylic acid groups (broad SMARTS) is 1. The molecule has 0 aliphatic heterocycles. The largest absolute Gasteiger partial charge is 0.481 e. The van der Waals surface area contributed by atoms with Gasteiger partial charge < -0.3 is 14.4 Å². The molecule has 2 aromatic heterocycles. The van der Waals surface area contributed by atoms with Crippen LogP contribution in [0.2, 0.25) is 5.02 Å². The molecule has 0 aliphatic rings. The standard InChI is InChI=1S/C27H20ClN3O5S/c1-15(18-4-2-3-5-21(18)28)35-27(34)31-22-13-30-36-25(22)20-11-10-19(24-26(20)37-14-29-24)17-8-6-16(7-9-17)12-23(32)33/h2-11,13-15H,12H2,1H3,(H,31,34)(H,32,33). The number of rotatable bonds is 7. The van der Waals surface area contributed by atoms with Crippen LogP contribution in [-0.4, -0.2) is 27.3 Å². The molecule has 2 heterocycles. The van der Waals surface area contributed by atoms with Crippen molar-refractivity contribution < 1.29 is 24.0 Å². The lowest BCUT2D eigenvalue weighted by Gasteiger charge is -2.15. The monoisotopic (exact) mass is 533 g/mol. The Kier molecular flexibility index (Phi) is 6.89. The predicted octanol–water partition coefficient (Wildman–Crippen LogP) is 7.21. The Morgan fingerprint density at radius 3 is 2.62 bits per heavy atom. The summed E-state index contributed by atoms with van der Waals surface area (Å²) in [6.45, 7) is 1.74. The third-order valence-electron chi connectivity index (χ3n) is 5.78. The number of amides is 1. The van der Waals surface area contributed by atoms with E-state index in [1.807, 2.05) is 36.4 Å². The Morgan fingerprint density at radius 1 is 1.11 bits per heavy atom. The van der Waals surface area contributed by atoms with Gasteiger partial charge in [0.25, 0.3) is 0 Å². The molecule has 0 aliphatic carbocycles. The van der Waals surface area contributed by atoms with Gasteiger partial charge in [0, 0.05) is 21.7 Å². The molecule has 0 fully saturated rings. The quantitative estimate of drug-likeness (QED) is 0.227. The number of ether oxygens (including phenoxy) is 1. The molecule has 2 N–H and O–H groups in total. The molecule has 1 amide bonds. The number of halogens is 1. The summed E-state index contributed by atoms with van der Waals surface area (Å²) in [5.41, 5.74) is 6.78. The molecular formula is C27H20ClN3O5S. The Bertz CT molecular complexity index is 1600. The molecule has 1 atom stereocenters. The summed E-state index contributed by atoms with van der Waals surface area (Å²) in [4.78, 5) is 28.2. The summed E-state index contributed by atoms with van der Waals surface area (Å²) in [5.74, 6) is -0.502. The number of nitrogens with zero attached hydrogens (tertiary/aromatic N) is 2. The van der Waals surface area contributed by atoms with Crippen molar-refractivity contribution >= 4 is 50.9 Å². The summed E-state index contributed by atoms with van der Waals surface area (Å²) in [6.07, 6.45) is 0.145. The van der Waals surface area contributed by atoms with Gasteiger partial charge in [-0.3, -0.25) is 10.1 Å². The Morgan fingerprint density at radius 2 is 1.86 bits per heavy atom. The van der Waals surface area contributed by atoms with Gasteiger partial charge in [0.1, 0.15) is 11.8 Å². The summed E-state index contributed by atoms with van der Waals surface area (Å²) >= 11 is 7.65. The number of carboxylic acids is 1. The van der Waals surface area contributed by atoms with Crippen LogP contribution in [0.15, 0.2) is 76.9 Å². The second kappa shape index (κ2) is 10.4. The van der Waals surface area contributed by atoms with E-state index >= 15 is 0 Å². The molecule has 0 radical (unpaired) electrons. The highest BCUT2D eigenvalue weighted by Crippen LogP contribution is 2.40. The van der Waals surface area contributed by atoms with Gasteiger partial charge in [0.2, 0.25) is 0 Å². The molecule has 0 saturated heterocycles. The number of hydrogen-bond donors (Lipinski definition) is 2.